The SMILES string of the molecule is COc1cccc2c(C(=O)CCc3ncccc3C(F)(F)F)nc(N)nc12. The molecule has 3 aromatic rings. The third-order valence-corrected chi connectivity index (χ3v) is 3.98. The maximum atomic E-state index is 13.1. The predicted octanol–water partition coefficient (Wildman–Crippen LogP) is 3.45. The van der Waals surface area contributed by atoms with Crippen LogP contribution in [0.1, 0.15) is 28.2 Å². The van der Waals surface area contributed by atoms with Crippen LogP contribution in [0.2, 0.25) is 0 Å². The van der Waals surface area contributed by atoms with E-state index in [1.807, 2.05) is 0 Å². The van der Waals surface area contributed by atoms with Crippen molar-refractivity contribution < 1.29 is 22.7 Å². The number of benzene rings is 1. The third kappa shape index (κ3) is 3.81. The third-order valence-electron chi connectivity index (χ3n) is 3.98. The van der Waals surface area contributed by atoms with Crippen molar-refractivity contribution in [2.75, 3.05) is 12.8 Å². The normalized spacial score (nSPS) is 11.6. The Morgan fingerprint density at radius 1 is 1.19 bits per heavy atom. The number of hydrogen-bond acceptors (Lipinski definition) is 6. The number of methoxy groups -OCH3 is 1. The molecule has 0 saturated carbocycles. The molecule has 0 unspecified atom stereocenters. The van der Waals surface area contributed by atoms with E-state index < -0.39 is 17.5 Å². The largest absolute Gasteiger partial charge is 0.494 e. The number of para-hydroxylation sites is 1. The molecule has 0 saturated heterocycles. The number of fused-ring (bicyclic) bond motifs is 1. The second-order valence-corrected chi connectivity index (χ2v) is 5.71. The van der Waals surface area contributed by atoms with Crippen LogP contribution in [0.4, 0.5) is 19.1 Å². The van der Waals surface area contributed by atoms with E-state index in [9.17, 15) is 18.0 Å². The monoisotopic (exact) mass is 376 g/mol. The lowest BCUT2D eigenvalue weighted by atomic mass is 10.0. The quantitative estimate of drug-likeness (QED) is 0.686. The molecule has 0 fully saturated rings. The molecular formula is C18H15F3N4O2. The van der Waals surface area contributed by atoms with E-state index in [-0.39, 0.29) is 30.2 Å². The van der Waals surface area contributed by atoms with Gasteiger partial charge in [-0.1, -0.05) is 12.1 Å². The lowest BCUT2D eigenvalue weighted by Gasteiger charge is -2.12. The van der Waals surface area contributed by atoms with Crippen molar-refractivity contribution in [1.82, 2.24) is 15.0 Å². The molecule has 6 nitrogen and oxygen atoms in total. The van der Waals surface area contributed by atoms with Crippen molar-refractivity contribution in [3.05, 3.63) is 53.5 Å². The number of nitrogen functional groups attached to an aromatic ring is 1. The van der Waals surface area contributed by atoms with Crippen LogP contribution < -0.4 is 10.5 Å². The number of alkyl halides is 3. The number of Topliss-reactive ketones (excluding diaryl/α,β-unsaturated/α-hetero) is 1. The standard InChI is InChI=1S/C18H15F3N4O2/c1-27-14-6-2-4-10-15(24-17(22)25-16(10)14)13(26)8-7-12-11(18(19,20)21)5-3-9-23-12/h2-6,9H,7-8H2,1H3,(H2,22,24,25). The summed E-state index contributed by atoms with van der Waals surface area (Å²) < 4.78 is 44.4. The van der Waals surface area contributed by atoms with Crippen molar-refractivity contribution in [2.24, 2.45) is 0 Å². The van der Waals surface area contributed by atoms with Gasteiger partial charge in [0.15, 0.2) is 5.78 Å². The average Bonchev–Trinajstić information content (AvgIpc) is 2.64. The first kappa shape index (κ1) is 18.6. The molecule has 9 heteroatoms. The van der Waals surface area contributed by atoms with Gasteiger partial charge >= 0.3 is 6.18 Å². The Morgan fingerprint density at radius 3 is 2.67 bits per heavy atom. The maximum Gasteiger partial charge on any atom is 0.418 e. The van der Waals surface area contributed by atoms with E-state index in [1.165, 1.54) is 19.4 Å². The van der Waals surface area contributed by atoms with Crippen LogP contribution in [0, 0.1) is 0 Å². The molecule has 0 aliphatic rings. The number of aryl methyl sites for hydroxylation is 1. The van der Waals surface area contributed by atoms with E-state index in [0.717, 1.165) is 6.07 Å². The summed E-state index contributed by atoms with van der Waals surface area (Å²) in [4.78, 5) is 24.5. The Hall–Kier alpha value is -3.23. The van der Waals surface area contributed by atoms with Gasteiger partial charge in [0.05, 0.1) is 18.4 Å². The van der Waals surface area contributed by atoms with E-state index in [4.69, 9.17) is 10.5 Å². The van der Waals surface area contributed by atoms with E-state index in [0.29, 0.717) is 16.7 Å². The fraction of sp³-hybridized carbons (Fsp3) is 0.222. The first-order valence-corrected chi connectivity index (χ1v) is 7.95. The van der Waals surface area contributed by atoms with Crippen molar-refractivity contribution in [1.29, 1.82) is 0 Å². The minimum absolute atomic E-state index is 0.0425. The second-order valence-electron chi connectivity index (χ2n) is 5.71. The summed E-state index contributed by atoms with van der Waals surface area (Å²) in [5.74, 6) is -0.162. The van der Waals surface area contributed by atoms with Crippen LogP contribution in [-0.4, -0.2) is 27.8 Å². The highest BCUT2D eigenvalue weighted by atomic mass is 19.4. The number of nitrogens with two attached hydrogens (primary N) is 1. The van der Waals surface area contributed by atoms with Crippen LogP contribution in [0.15, 0.2) is 36.5 Å². The first-order valence-electron chi connectivity index (χ1n) is 7.95. The number of carbonyl (C=O) groups excluding carboxylic acids is 1. The van der Waals surface area contributed by atoms with Gasteiger partial charge in [-0.3, -0.25) is 9.78 Å². The van der Waals surface area contributed by atoms with Crippen LogP contribution in [-0.2, 0) is 12.6 Å². The zero-order chi connectivity index (χ0) is 19.6. The van der Waals surface area contributed by atoms with Crippen LogP contribution in [0.3, 0.4) is 0 Å². The number of rotatable bonds is 5. The van der Waals surface area contributed by atoms with Crippen LogP contribution in [0.5, 0.6) is 5.75 Å². The van der Waals surface area contributed by atoms with Gasteiger partial charge < -0.3 is 10.5 Å². The summed E-state index contributed by atoms with van der Waals surface area (Å²) >= 11 is 0. The average molecular weight is 376 g/mol. The smallest absolute Gasteiger partial charge is 0.418 e. The number of ketones is 1. The Bertz CT molecular complexity index is 1010. The predicted molar refractivity (Wildman–Crippen MR) is 92.4 cm³/mol. The highest BCUT2D eigenvalue weighted by molar-refractivity contribution is 6.07. The highest BCUT2D eigenvalue weighted by Gasteiger charge is 2.33. The van der Waals surface area contributed by atoms with Gasteiger partial charge in [0.2, 0.25) is 5.95 Å². The topological polar surface area (TPSA) is 91.0 Å². The summed E-state index contributed by atoms with van der Waals surface area (Å²) in [5.41, 5.74) is 5.04. The minimum Gasteiger partial charge on any atom is -0.494 e. The number of halogens is 3. The van der Waals surface area contributed by atoms with Crippen LogP contribution in [0.25, 0.3) is 10.9 Å². The molecule has 27 heavy (non-hydrogen) atoms. The molecule has 2 N–H and O–H groups in total. The highest BCUT2D eigenvalue weighted by Crippen LogP contribution is 2.32. The molecule has 0 atom stereocenters. The number of nitrogens with zero attached hydrogens (tertiary/aromatic N) is 3. The van der Waals surface area contributed by atoms with Gasteiger partial charge in [0.25, 0.3) is 0 Å². The minimum atomic E-state index is -4.54. The molecular weight excluding hydrogens is 361 g/mol. The summed E-state index contributed by atoms with van der Waals surface area (Å²) in [5, 5.41) is 0.422. The number of ether oxygens (including phenoxy) is 1. The van der Waals surface area contributed by atoms with Gasteiger partial charge in [-0.25, -0.2) is 9.97 Å². The fourth-order valence-corrected chi connectivity index (χ4v) is 2.77. The molecule has 0 aliphatic carbocycles. The van der Waals surface area contributed by atoms with Crippen molar-refractivity contribution in [2.45, 2.75) is 19.0 Å². The van der Waals surface area contributed by atoms with Gasteiger partial charge in [0, 0.05) is 18.0 Å². The Labute approximate surface area is 152 Å². The maximum absolute atomic E-state index is 13.1. The van der Waals surface area contributed by atoms with E-state index in [2.05, 4.69) is 15.0 Å². The van der Waals surface area contributed by atoms with Crippen molar-refractivity contribution >= 4 is 22.6 Å². The molecule has 0 spiro atoms. The molecule has 0 amide bonds. The van der Waals surface area contributed by atoms with Crippen LogP contribution >= 0.6 is 0 Å². The Morgan fingerprint density at radius 2 is 1.96 bits per heavy atom. The molecule has 1 aromatic carbocycles. The van der Waals surface area contributed by atoms with Gasteiger partial charge in [-0.05, 0) is 24.6 Å². The zero-order valence-corrected chi connectivity index (χ0v) is 14.2. The summed E-state index contributed by atoms with van der Waals surface area (Å²) in [7, 11) is 1.45. The summed E-state index contributed by atoms with van der Waals surface area (Å²) in [6.07, 6.45) is -3.66. The van der Waals surface area contributed by atoms with Gasteiger partial charge in [-0.15, -0.1) is 0 Å². The molecule has 0 radical (unpaired) electrons. The van der Waals surface area contributed by atoms with Crippen molar-refractivity contribution in [3.8, 4) is 5.75 Å². The molecule has 0 bridgehead atoms. The number of pyridine rings is 1. The molecule has 3 rings (SSSR count). The van der Waals surface area contributed by atoms with Gasteiger partial charge in [-0.2, -0.15) is 13.2 Å². The lowest BCUT2D eigenvalue weighted by Crippen LogP contribution is -2.13. The number of carbonyl (C=O) groups is 1. The first-order chi connectivity index (χ1) is 12.8. The Balaban J connectivity index is 1.93. The zero-order valence-electron chi connectivity index (χ0n) is 14.2. The molecule has 2 aromatic heterocycles. The van der Waals surface area contributed by atoms with E-state index in [1.54, 1.807) is 18.2 Å². The van der Waals surface area contributed by atoms with E-state index >= 15 is 0 Å². The fourth-order valence-electron chi connectivity index (χ4n) is 2.77. The summed E-state index contributed by atoms with van der Waals surface area (Å²) in [6.45, 7) is 0. The number of hydrogen-bond donors (Lipinski definition) is 1. The Kier molecular flexibility index (Phi) is 4.93. The summed E-state index contributed by atoms with van der Waals surface area (Å²) in [6, 6.07) is 7.10. The molecule has 0 aliphatic heterocycles. The molecule has 140 valence electrons. The number of aromatic nitrogens is 3. The van der Waals surface area contributed by atoms with Crippen molar-refractivity contribution in [3.63, 3.8) is 0 Å². The molecule has 2 heterocycles. The number of anilines is 1. The second kappa shape index (κ2) is 7.18. The van der Waals surface area contributed by atoms with Gasteiger partial charge in [0.1, 0.15) is 17.0 Å². The lowest BCUT2D eigenvalue weighted by molar-refractivity contribution is -0.138.